The van der Waals surface area contributed by atoms with E-state index in [-0.39, 0.29) is 6.42 Å². The molecule has 0 bridgehead atoms. The maximum Gasteiger partial charge on any atom is 0.370 e. The van der Waals surface area contributed by atoms with Gasteiger partial charge in [-0.2, -0.15) is 0 Å². The van der Waals surface area contributed by atoms with Crippen molar-refractivity contribution in [3.8, 4) is 0 Å². The Labute approximate surface area is 88.6 Å². The highest BCUT2D eigenvalue weighted by Crippen LogP contribution is 2.28. The van der Waals surface area contributed by atoms with Crippen LogP contribution in [0.25, 0.3) is 0 Å². The third-order valence-corrected chi connectivity index (χ3v) is 2.50. The summed E-state index contributed by atoms with van der Waals surface area (Å²) in [6.07, 6.45) is 5.32. The van der Waals surface area contributed by atoms with E-state index in [0.29, 0.717) is 6.42 Å². The Hall–Kier alpha value is -0.0200. The number of hydrogen-bond donors (Lipinski definition) is 0. The lowest BCUT2D eigenvalue weighted by Crippen LogP contribution is -2.24. The maximum absolute atomic E-state index is 10.3. The van der Waals surface area contributed by atoms with Crippen molar-refractivity contribution >= 4 is 23.2 Å². The monoisotopic (exact) mass is 227 g/mol. The van der Waals surface area contributed by atoms with Gasteiger partial charge in [-0.05, 0) is 29.6 Å². The molecule has 0 atom stereocenters. The highest BCUT2D eigenvalue weighted by Gasteiger charge is 2.36. The van der Waals surface area contributed by atoms with Gasteiger partial charge in [0.15, 0.2) is 0 Å². The number of nitrogens with zero attached hydrogens (tertiary/aromatic N) is 1. The van der Waals surface area contributed by atoms with Crippen molar-refractivity contribution in [1.29, 1.82) is 0 Å². The van der Waals surface area contributed by atoms with Crippen LogP contribution in [-0.4, -0.2) is 9.38 Å². The summed E-state index contributed by atoms with van der Waals surface area (Å²) in [5.41, 5.74) is 0. The molecule has 0 radical (unpaired) electrons. The van der Waals surface area contributed by atoms with Gasteiger partial charge in [-0.15, -0.1) is 0 Å². The number of rotatable bonds is 7. The molecule has 0 fully saturated rings. The van der Waals surface area contributed by atoms with E-state index in [0.717, 1.165) is 25.7 Å². The average Bonchev–Trinajstić information content (AvgIpc) is 2.03. The first kappa shape index (κ1) is 13.0. The standard InChI is InChI=1S/C8H15Cl2NO2/c1-2-3-4-5-6-7-8(9,10)11(12)13/h2-7H2,1H3. The Morgan fingerprint density at radius 1 is 1.23 bits per heavy atom. The van der Waals surface area contributed by atoms with Gasteiger partial charge in [0.2, 0.25) is 0 Å². The Bertz CT molecular complexity index is 162. The molecule has 0 aromatic carbocycles. The van der Waals surface area contributed by atoms with E-state index in [1.165, 1.54) is 0 Å². The second-order valence-electron chi connectivity index (χ2n) is 3.09. The molecule has 0 aromatic heterocycles. The fraction of sp³-hybridized carbons (Fsp3) is 1.00. The zero-order valence-corrected chi connectivity index (χ0v) is 9.27. The minimum Gasteiger partial charge on any atom is -0.261 e. The van der Waals surface area contributed by atoms with E-state index < -0.39 is 9.38 Å². The summed E-state index contributed by atoms with van der Waals surface area (Å²) in [6.45, 7) is 2.12. The van der Waals surface area contributed by atoms with E-state index >= 15 is 0 Å². The van der Waals surface area contributed by atoms with Crippen molar-refractivity contribution in [2.75, 3.05) is 0 Å². The van der Waals surface area contributed by atoms with Gasteiger partial charge in [0.1, 0.15) is 0 Å². The molecular weight excluding hydrogens is 213 g/mol. The molecule has 3 nitrogen and oxygen atoms in total. The Morgan fingerprint density at radius 2 is 1.77 bits per heavy atom. The third-order valence-electron chi connectivity index (χ3n) is 1.85. The molecule has 13 heavy (non-hydrogen) atoms. The molecule has 0 rings (SSSR count). The highest BCUT2D eigenvalue weighted by molar-refractivity contribution is 6.46. The SMILES string of the molecule is CCCCCCCC(Cl)(Cl)[N+](=O)[O-]. The summed E-state index contributed by atoms with van der Waals surface area (Å²) < 4.78 is -1.79. The van der Waals surface area contributed by atoms with Crippen LogP contribution in [0.3, 0.4) is 0 Å². The normalized spacial score (nSPS) is 11.6. The zero-order valence-electron chi connectivity index (χ0n) is 7.76. The minimum atomic E-state index is -1.79. The summed E-state index contributed by atoms with van der Waals surface area (Å²) in [7, 11) is 0. The second-order valence-corrected chi connectivity index (χ2v) is 4.53. The molecule has 78 valence electrons. The Morgan fingerprint density at radius 3 is 2.23 bits per heavy atom. The van der Waals surface area contributed by atoms with Crippen LogP contribution in [0.1, 0.15) is 45.4 Å². The molecule has 0 unspecified atom stereocenters. The van der Waals surface area contributed by atoms with E-state index in [4.69, 9.17) is 23.2 Å². The summed E-state index contributed by atoms with van der Waals surface area (Å²) in [6, 6.07) is 0. The Kier molecular flexibility index (Phi) is 6.43. The molecule has 5 heteroatoms. The number of nitro groups is 1. The van der Waals surface area contributed by atoms with Gasteiger partial charge in [-0.1, -0.05) is 32.6 Å². The molecule has 0 spiro atoms. The lowest BCUT2D eigenvalue weighted by atomic mass is 10.1. The highest BCUT2D eigenvalue weighted by atomic mass is 35.5. The van der Waals surface area contributed by atoms with Crippen LogP contribution in [0.15, 0.2) is 0 Å². The van der Waals surface area contributed by atoms with E-state index in [1.807, 2.05) is 0 Å². The lowest BCUT2D eigenvalue weighted by Gasteiger charge is -2.09. The van der Waals surface area contributed by atoms with E-state index in [9.17, 15) is 10.1 Å². The first-order valence-corrected chi connectivity index (χ1v) is 5.28. The first-order chi connectivity index (χ1) is 6.00. The van der Waals surface area contributed by atoms with Gasteiger partial charge < -0.3 is 0 Å². The summed E-state index contributed by atoms with van der Waals surface area (Å²) in [5, 5.41) is 10.3. The molecule has 0 aliphatic heterocycles. The minimum absolute atomic E-state index is 0.229. The summed E-state index contributed by atoms with van der Waals surface area (Å²) >= 11 is 10.9. The van der Waals surface area contributed by atoms with Crippen LogP contribution in [0.4, 0.5) is 0 Å². The largest absolute Gasteiger partial charge is 0.370 e. The smallest absolute Gasteiger partial charge is 0.261 e. The quantitative estimate of drug-likeness (QED) is 0.219. The van der Waals surface area contributed by atoms with E-state index in [1.54, 1.807) is 0 Å². The van der Waals surface area contributed by atoms with Crippen LogP contribution < -0.4 is 0 Å². The predicted molar refractivity (Wildman–Crippen MR) is 54.8 cm³/mol. The van der Waals surface area contributed by atoms with Crippen molar-refractivity contribution in [1.82, 2.24) is 0 Å². The van der Waals surface area contributed by atoms with Crippen molar-refractivity contribution in [2.45, 2.75) is 49.9 Å². The van der Waals surface area contributed by atoms with Crippen LogP contribution in [0.5, 0.6) is 0 Å². The number of alkyl halides is 2. The lowest BCUT2D eigenvalue weighted by molar-refractivity contribution is -0.516. The van der Waals surface area contributed by atoms with Gasteiger partial charge in [-0.3, -0.25) is 10.1 Å². The van der Waals surface area contributed by atoms with E-state index in [2.05, 4.69) is 6.92 Å². The first-order valence-electron chi connectivity index (χ1n) is 4.53. The summed E-state index contributed by atoms with van der Waals surface area (Å²) in [4.78, 5) is 9.64. The number of halogens is 2. The molecule has 0 amide bonds. The topological polar surface area (TPSA) is 43.1 Å². The van der Waals surface area contributed by atoms with Crippen molar-refractivity contribution in [2.24, 2.45) is 0 Å². The maximum atomic E-state index is 10.3. The Balaban J connectivity index is 3.46. The van der Waals surface area contributed by atoms with Crippen LogP contribution in [-0.2, 0) is 0 Å². The molecule has 0 aromatic rings. The number of unbranched alkanes of at least 4 members (excludes halogenated alkanes) is 4. The average molecular weight is 228 g/mol. The van der Waals surface area contributed by atoms with Crippen LogP contribution in [0, 0.1) is 10.1 Å². The second kappa shape index (κ2) is 6.44. The third kappa shape index (κ3) is 6.11. The molecule has 0 saturated heterocycles. The van der Waals surface area contributed by atoms with Gasteiger partial charge in [0.05, 0.1) is 4.92 Å². The van der Waals surface area contributed by atoms with Gasteiger partial charge in [0.25, 0.3) is 0 Å². The van der Waals surface area contributed by atoms with Crippen molar-refractivity contribution in [3.05, 3.63) is 10.1 Å². The molecule has 0 N–H and O–H groups in total. The van der Waals surface area contributed by atoms with Gasteiger partial charge in [-0.25, -0.2) is 0 Å². The zero-order chi connectivity index (χ0) is 10.3. The van der Waals surface area contributed by atoms with Crippen molar-refractivity contribution < 1.29 is 4.92 Å². The molecular formula is C8H15Cl2NO2. The van der Waals surface area contributed by atoms with Gasteiger partial charge >= 0.3 is 4.46 Å². The molecule has 0 saturated carbocycles. The van der Waals surface area contributed by atoms with Gasteiger partial charge in [0, 0.05) is 6.42 Å². The fourth-order valence-corrected chi connectivity index (χ4v) is 1.30. The fourth-order valence-electron chi connectivity index (χ4n) is 1.03. The van der Waals surface area contributed by atoms with Crippen LogP contribution >= 0.6 is 23.2 Å². The van der Waals surface area contributed by atoms with Crippen molar-refractivity contribution in [3.63, 3.8) is 0 Å². The van der Waals surface area contributed by atoms with Crippen LogP contribution in [0.2, 0.25) is 0 Å². The molecule has 0 aliphatic carbocycles. The molecule has 0 heterocycles. The predicted octanol–water partition coefficient (Wildman–Crippen LogP) is 3.76. The number of hydrogen-bond acceptors (Lipinski definition) is 2. The summed E-state index contributed by atoms with van der Waals surface area (Å²) in [5.74, 6) is 0. The molecule has 0 aliphatic rings.